The number of rotatable bonds is 5. The fraction of sp³-hybridized carbons (Fsp3) is 0.333. The summed E-state index contributed by atoms with van der Waals surface area (Å²) in [5.41, 5.74) is 1.63. The Labute approximate surface area is 153 Å². The van der Waals surface area contributed by atoms with Crippen LogP contribution in [0.15, 0.2) is 48.5 Å². The molecular weight excluding hydrogens is 330 g/mol. The van der Waals surface area contributed by atoms with Crippen molar-refractivity contribution in [2.75, 3.05) is 6.54 Å². The van der Waals surface area contributed by atoms with E-state index in [2.05, 4.69) is 5.32 Å². The van der Waals surface area contributed by atoms with Crippen molar-refractivity contribution in [2.45, 2.75) is 38.4 Å². The van der Waals surface area contributed by atoms with Crippen LogP contribution in [0.5, 0.6) is 0 Å². The summed E-state index contributed by atoms with van der Waals surface area (Å²) in [6.45, 7) is 4.54. The molecule has 5 nitrogen and oxygen atoms in total. The van der Waals surface area contributed by atoms with E-state index in [1.807, 2.05) is 13.8 Å². The van der Waals surface area contributed by atoms with E-state index < -0.39 is 5.97 Å². The highest BCUT2D eigenvalue weighted by molar-refractivity contribution is 6.04. The summed E-state index contributed by atoms with van der Waals surface area (Å²) in [6.07, 6.45) is 1.89. The number of carbonyl (C=O) groups excluding carboxylic acids is 1. The SMILES string of the molecule is CC1(C)CCC(CNC(=O)c2ccccc2-c2ccccc2C(=O)O)O1. The molecule has 0 aromatic heterocycles. The first-order chi connectivity index (χ1) is 12.4. The van der Waals surface area contributed by atoms with Gasteiger partial charge >= 0.3 is 5.97 Å². The molecule has 136 valence electrons. The Morgan fingerprint density at radius 2 is 1.65 bits per heavy atom. The molecule has 26 heavy (non-hydrogen) atoms. The number of carboxylic acid groups (broad SMARTS) is 1. The first kappa shape index (κ1) is 18.1. The Kier molecular flexibility index (Phi) is 5.09. The lowest BCUT2D eigenvalue weighted by Crippen LogP contribution is -2.33. The fourth-order valence-corrected chi connectivity index (χ4v) is 3.34. The number of carboxylic acids is 1. The number of ether oxygens (including phenoxy) is 1. The third-order valence-corrected chi connectivity index (χ3v) is 4.66. The monoisotopic (exact) mass is 353 g/mol. The molecule has 0 radical (unpaired) electrons. The predicted molar refractivity (Wildman–Crippen MR) is 99.4 cm³/mol. The summed E-state index contributed by atoms with van der Waals surface area (Å²) in [6, 6.07) is 13.8. The second-order valence-electron chi connectivity index (χ2n) is 7.14. The second-order valence-corrected chi connectivity index (χ2v) is 7.14. The van der Waals surface area contributed by atoms with Gasteiger partial charge in [-0.15, -0.1) is 0 Å². The minimum absolute atomic E-state index is 0.00687. The van der Waals surface area contributed by atoms with Crippen molar-refractivity contribution in [3.8, 4) is 11.1 Å². The Balaban J connectivity index is 1.82. The minimum Gasteiger partial charge on any atom is -0.478 e. The maximum Gasteiger partial charge on any atom is 0.336 e. The molecule has 1 heterocycles. The zero-order valence-electron chi connectivity index (χ0n) is 15.0. The Morgan fingerprint density at radius 3 is 2.23 bits per heavy atom. The minimum atomic E-state index is -1.02. The standard InChI is InChI=1S/C21H23NO4/c1-21(2)12-11-14(26-21)13-22-19(23)17-9-5-3-7-15(17)16-8-4-6-10-18(16)20(24)25/h3-10,14H,11-13H2,1-2H3,(H,22,23)(H,24,25). The third kappa shape index (κ3) is 3.94. The molecule has 1 fully saturated rings. The van der Waals surface area contributed by atoms with Gasteiger partial charge in [0.05, 0.1) is 17.3 Å². The molecule has 3 rings (SSSR count). The van der Waals surface area contributed by atoms with Crippen molar-refractivity contribution in [1.29, 1.82) is 0 Å². The maximum atomic E-state index is 12.7. The summed E-state index contributed by atoms with van der Waals surface area (Å²) in [7, 11) is 0. The number of benzene rings is 2. The maximum absolute atomic E-state index is 12.7. The van der Waals surface area contributed by atoms with E-state index in [0.717, 1.165) is 12.8 Å². The van der Waals surface area contributed by atoms with Gasteiger partial charge in [-0.3, -0.25) is 4.79 Å². The molecule has 2 N–H and O–H groups in total. The van der Waals surface area contributed by atoms with Crippen LogP contribution in [-0.4, -0.2) is 35.2 Å². The van der Waals surface area contributed by atoms with E-state index in [4.69, 9.17) is 4.74 Å². The van der Waals surface area contributed by atoms with Crippen molar-refractivity contribution in [3.05, 3.63) is 59.7 Å². The first-order valence-electron chi connectivity index (χ1n) is 8.75. The zero-order valence-corrected chi connectivity index (χ0v) is 15.0. The van der Waals surface area contributed by atoms with Gasteiger partial charge in [-0.1, -0.05) is 36.4 Å². The molecule has 1 saturated heterocycles. The van der Waals surface area contributed by atoms with Crippen molar-refractivity contribution in [2.24, 2.45) is 0 Å². The van der Waals surface area contributed by atoms with E-state index >= 15 is 0 Å². The Bertz CT molecular complexity index is 828. The normalized spacial score (nSPS) is 18.5. The lowest BCUT2D eigenvalue weighted by atomic mass is 9.95. The lowest BCUT2D eigenvalue weighted by molar-refractivity contribution is -0.0138. The molecule has 0 saturated carbocycles. The molecule has 1 aliphatic heterocycles. The average Bonchev–Trinajstić information content (AvgIpc) is 2.98. The number of hydrogen-bond donors (Lipinski definition) is 2. The van der Waals surface area contributed by atoms with Gasteiger partial charge in [-0.25, -0.2) is 4.79 Å². The smallest absolute Gasteiger partial charge is 0.336 e. The quantitative estimate of drug-likeness (QED) is 0.859. The summed E-state index contributed by atoms with van der Waals surface area (Å²) < 4.78 is 5.91. The van der Waals surface area contributed by atoms with Gasteiger partial charge in [0.25, 0.3) is 5.91 Å². The largest absolute Gasteiger partial charge is 0.478 e. The van der Waals surface area contributed by atoms with E-state index in [9.17, 15) is 14.7 Å². The molecule has 1 amide bonds. The number of aromatic carboxylic acids is 1. The number of nitrogens with one attached hydrogen (secondary N) is 1. The fourth-order valence-electron chi connectivity index (χ4n) is 3.34. The Morgan fingerprint density at radius 1 is 1.08 bits per heavy atom. The lowest BCUT2D eigenvalue weighted by Gasteiger charge is -2.19. The topological polar surface area (TPSA) is 75.6 Å². The van der Waals surface area contributed by atoms with E-state index in [-0.39, 0.29) is 23.2 Å². The van der Waals surface area contributed by atoms with E-state index in [1.165, 1.54) is 0 Å². The van der Waals surface area contributed by atoms with Crippen LogP contribution in [0.4, 0.5) is 0 Å². The molecule has 1 aliphatic rings. The Hall–Kier alpha value is -2.66. The molecule has 5 heteroatoms. The number of carbonyl (C=O) groups is 2. The van der Waals surface area contributed by atoms with Gasteiger partial charge in [0.15, 0.2) is 0 Å². The number of hydrogen-bond acceptors (Lipinski definition) is 3. The van der Waals surface area contributed by atoms with Crippen LogP contribution in [0.3, 0.4) is 0 Å². The van der Waals surface area contributed by atoms with Crippen LogP contribution >= 0.6 is 0 Å². The van der Waals surface area contributed by atoms with E-state index in [1.54, 1.807) is 48.5 Å². The van der Waals surface area contributed by atoms with Crippen LogP contribution < -0.4 is 5.32 Å². The van der Waals surface area contributed by atoms with Crippen LogP contribution in [0.25, 0.3) is 11.1 Å². The van der Waals surface area contributed by atoms with Gasteiger partial charge < -0.3 is 15.2 Å². The predicted octanol–water partition coefficient (Wildman–Crippen LogP) is 3.74. The average molecular weight is 353 g/mol. The highest BCUT2D eigenvalue weighted by Crippen LogP contribution is 2.30. The van der Waals surface area contributed by atoms with Crippen molar-refractivity contribution in [1.82, 2.24) is 5.32 Å². The van der Waals surface area contributed by atoms with Gasteiger partial charge in [-0.2, -0.15) is 0 Å². The molecule has 0 spiro atoms. The van der Waals surface area contributed by atoms with Gasteiger partial charge in [-0.05, 0) is 49.9 Å². The van der Waals surface area contributed by atoms with Crippen LogP contribution in [0.1, 0.15) is 47.4 Å². The highest BCUT2D eigenvalue weighted by atomic mass is 16.5. The molecule has 2 aromatic carbocycles. The summed E-state index contributed by atoms with van der Waals surface area (Å²) in [5.74, 6) is -1.24. The van der Waals surface area contributed by atoms with Crippen LogP contribution in [-0.2, 0) is 4.74 Å². The second kappa shape index (κ2) is 7.30. The molecule has 1 unspecified atom stereocenters. The molecule has 1 atom stereocenters. The molecule has 2 aromatic rings. The van der Waals surface area contributed by atoms with E-state index in [0.29, 0.717) is 23.2 Å². The summed E-state index contributed by atoms with van der Waals surface area (Å²) in [5, 5.41) is 12.4. The van der Waals surface area contributed by atoms with Gasteiger partial charge in [0, 0.05) is 12.1 Å². The highest BCUT2D eigenvalue weighted by Gasteiger charge is 2.31. The molecule has 0 bridgehead atoms. The van der Waals surface area contributed by atoms with Gasteiger partial charge in [0.1, 0.15) is 0 Å². The summed E-state index contributed by atoms with van der Waals surface area (Å²) >= 11 is 0. The van der Waals surface area contributed by atoms with Crippen molar-refractivity contribution in [3.63, 3.8) is 0 Å². The van der Waals surface area contributed by atoms with Crippen LogP contribution in [0, 0.1) is 0 Å². The third-order valence-electron chi connectivity index (χ3n) is 4.66. The van der Waals surface area contributed by atoms with Crippen molar-refractivity contribution < 1.29 is 19.4 Å². The van der Waals surface area contributed by atoms with Gasteiger partial charge in [0.2, 0.25) is 0 Å². The molecular formula is C21H23NO4. The summed E-state index contributed by atoms with van der Waals surface area (Å²) in [4.78, 5) is 24.2. The number of amides is 1. The first-order valence-corrected chi connectivity index (χ1v) is 8.75. The van der Waals surface area contributed by atoms with Crippen molar-refractivity contribution >= 4 is 11.9 Å². The molecule has 0 aliphatic carbocycles. The van der Waals surface area contributed by atoms with Crippen LogP contribution in [0.2, 0.25) is 0 Å². The zero-order chi connectivity index (χ0) is 18.7.